The van der Waals surface area contributed by atoms with Gasteiger partial charge in [-0.3, -0.25) is 4.90 Å². The fraction of sp³-hybridized carbons (Fsp3) is 0.714. The van der Waals surface area contributed by atoms with Gasteiger partial charge in [-0.25, -0.2) is 0 Å². The van der Waals surface area contributed by atoms with Crippen LogP contribution in [0.1, 0.15) is 56.6 Å². The molecule has 0 aromatic heterocycles. The highest BCUT2D eigenvalue weighted by Crippen LogP contribution is 2.57. The average molecular weight is 327 g/mol. The highest BCUT2D eigenvalue weighted by atomic mass is 16.5. The lowest BCUT2D eigenvalue weighted by Gasteiger charge is -2.64. The van der Waals surface area contributed by atoms with Gasteiger partial charge in [0.2, 0.25) is 0 Å². The summed E-state index contributed by atoms with van der Waals surface area (Å²) in [5.41, 5.74) is 2.81. The molecule has 3 nitrogen and oxygen atoms in total. The van der Waals surface area contributed by atoms with E-state index in [0.717, 1.165) is 25.4 Å². The van der Waals surface area contributed by atoms with Crippen LogP contribution in [0.2, 0.25) is 0 Å². The summed E-state index contributed by atoms with van der Waals surface area (Å²) in [6.07, 6.45) is 8.83. The molecule has 0 amide bonds. The molecule has 0 radical (unpaired) electrons. The molecule has 2 bridgehead atoms. The van der Waals surface area contributed by atoms with Gasteiger partial charge >= 0.3 is 0 Å². The monoisotopic (exact) mass is 327 g/mol. The number of ether oxygens (including phenoxy) is 1. The number of rotatable bonds is 2. The molecular formula is C21H29NO2. The molecule has 1 saturated carbocycles. The molecule has 2 aliphatic carbocycles. The predicted octanol–water partition coefficient (Wildman–Crippen LogP) is 3.63. The second-order valence-electron chi connectivity index (χ2n) is 8.74. The quantitative estimate of drug-likeness (QED) is 0.900. The topological polar surface area (TPSA) is 32.7 Å². The van der Waals surface area contributed by atoms with Crippen LogP contribution in [0.15, 0.2) is 18.2 Å². The van der Waals surface area contributed by atoms with Crippen LogP contribution in [0.3, 0.4) is 0 Å². The fourth-order valence-electron chi connectivity index (χ4n) is 6.15. The molecule has 2 saturated heterocycles. The van der Waals surface area contributed by atoms with E-state index in [1.807, 2.05) is 12.1 Å². The number of likely N-dealkylation sites (tertiary alicyclic amines) is 1. The molecule has 0 unspecified atom stereocenters. The molecule has 2 aliphatic heterocycles. The molecule has 4 aliphatic rings. The average Bonchev–Trinajstić information content (AvgIpc) is 2.53. The normalized spacial score (nSPS) is 39.0. The van der Waals surface area contributed by atoms with Gasteiger partial charge in [-0.05, 0) is 81.2 Å². The Balaban J connectivity index is 1.59. The summed E-state index contributed by atoms with van der Waals surface area (Å²) in [7, 11) is 0. The largest absolute Gasteiger partial charge is 0.508 e. The summed E-state index contributed by atoms with van der Waals surface area (Å²) >= 11 is 0. The molecule has 3 heteroatoms. The third-order valence-corrected chi connectivity index (χ3v) is 7.74. The maximum atomic E-state index is 10.1. The first kappa shape index (κ1) is 15.2. The minimum atomic E-state index is -0.103. The summed E-state index contributed by atoms with van der Waals surface area (Å²) < 4.78 is 6.56. The number of aromatic hydroxyl groups is 1. The molecule has 1 aromatic carbocycles. The molecular weight excluding hydrogens is 298 g/mol. The van der Waals surface area contributed by atoms with Crippen molar-refractivity contribution in [1.82, 2.24) is 4.90 Å². The Morgan fingerprint density at radius 3 is 2.92 bits per heavy atom. The van der Waals surface area contributed by atoms with Crippen LogP contribution in [0, 0.1) is 5.92 Å². The first-order chi connectivity index (χ1) is 11.6. The number of phenolic OH excluding ortho intramolecular Hbond substituents is 1. The third kappa shape index (κ3) is 1.91. The number of nitrogens with zero attached hydrogens (tertiary/aromatic N) is 1. The van der Waals surface area contributed by atoms with E-state index in [2.05, 4.69) is 17.9 Å². The number of hydrogen-bond donors (Lipinski definition) is 1. The molecule has 3 fully saturated rings. The van der Waals surface area contributed by atoms with Crippen LogP contribution in [0.5, 0.6) is 5.75 Å². The maximum absolute atomic E-state index is 10.1. The highest BCUT2D eigenvalue weighted by molar-refractivity contribution is 5.47. The minimum Gasteiger partial charge on any atom is -0.508 e. The molecule has 1 aromatic rings. The lowest BCUT2D eigenvalue weighted by Crippen LogP contribution is -2.72. The minimum absolute atomic E-state index is 0.0956. The van der Waals surface area contributed by atoms with Gasteiger partial charge in [0, 0.05) is 24.6 Å². The van der Waals surface area contributed by atoms with Crippen molar-refractivity contribution in [3.63, 3.8) is 0 Å². The smallest absolute Gasteiger partial charge is 0.115 e. The lowest BCUT2D eigenvalue weighted by molar-refractivity contribution is -0.199. The van der Waals surface area contributed by atoms with Gasteiger partial charge in [0.25, 0.3) is 0 Å². The van der Waals surface area contributed by atoms with E-state index < -0.39 is 0 Å². The van der Waals surface area contributed by atoms with Crippen molar-refractivity contribution in [2.45, 2.75) is 68.9 Å². The van der Waals surface area contributed by atoms with E-state index in [-0.39, 0.29) is 11.0 Å². The third-order valence-electron chi connectivity index (χ3n) is 7.74. The van der Waals surface area contributed by atoms with Crippen molar-refractivity contribution in [2.24, 2.45) is 5.92 Å². The van der Waals surface area contributed by atoms with Crippen molar-refractivity contribution in [3.05, 3.63) is 29.3 Å². The Morgan fingerprint density at radius 2 is 2.12 bits per heavy atom. The van der Waals surface area contributed by atoms with Crippen LogP contribution in [0.4, 0.5) is 0 Å². The fourth-order valence-corrected chi connectivity index (χ4v) is 6.15. The number of fused-ring (bicyclic) bond motifs is 1. The first-order valence-corrected chi connectivity index (χ1v) is 9.83. The number of phenols is 1. The van der Waals surface area contributed by atoms with Crippen molar-refractivity contribution >= 4 is 0 Å². The van der Waals surface area contributed by atoms with E-state index in [9.17, 15) is 5.11 Å². The molecule has 1 N–H and O–H groups in total. The second kappa shape index (κ2) is 5.22. The van der Waals surface area contributed by atoms with Crippen molar-refractivity contribution in [2.75, 3.05) is 19.7 Å². The van der Waals surface area contributed by atoms with Gasteiger partial charge in [-0.1, -0.05) is 12.5 Å². The summed E-state index contributed by atoms with van der Waals surface area (Å²) in [6.45, 7) is 5.71. The number of piperidine rings is 1. The Kier molecular flexibility index (Phi) is 3.31. The number of benzene rings is 1. The molecule has 2 heterocycles. The van der Waals surface area contributed by atoms with E-state index >= 15 is 0 Å². The van der Waals surface area contributed by atoms with Crippen molar-refractivity contribution in [1.29, 1.82) is 0 Å². The van der Waals surface area contributed by atoms with Crippen LogP contribution in [-0.4, -0.2) is 41.3 Å². The van der Waals surface area contributed by atoms with Gasteiger partial charge in [0.15, 0.2) is 0 Å². The predicted molar refractivity (Wildman–Crippen MR) is 94.4 cm³/mol. The zero-order valence-corrected chi connectivity index (χ0v) is 14.8. The Hall–Kier alpha value is -1.06. The van der Waals surface area contributed by atoms with Crippen molar-refractivity contribution < 1.29 is 9.84 Å². The van der Waals surface area contributed by atoms with Gasteiger partial charge in [-0.2, -0.15) is 0 Å². The van der Waals surface area contributed by atoms with Crippen molar-refractivity contribution in [3.8, 4) is 5.75 Å². The maximum Gasteiger partial charge on any atom is 0.115 e. The standard InChI is InChI=1S/C21H29NO2/c1-20-19-12-16-6-7-17(23)13-18(16)21(20,8-3-11-24-20)9-10-22(19)14-15-4-2-5-15/h6-7,13,15,19,23H,2-5,8-12,14H2,1H3/t19-,20-,21+/m1/s1. The van der Waals surface area contributed by atoms with E-state index in [4.69, 9.17) is 4.74 Å². The zero-order chi connectivity index (χ0) is 16.4. The number of hydrogen-bond acceptors (Lipinski definition) is 3. The first-order valence-electron chi connectivity index (χ1n) is 9.83. The van der Waals surface area contributed by atoms with Crippen LogP contribution in [0.25, 0.3) is 0 Å². The Bertz CT molecular complexity index is 655. The summed E-state index contributed by atoms with van der Waals surface area (Å²) in [4.78, 5) is 2.75. The summed E-state index contributed by atoms with van der Waals surface area (Å²) in [5, 5.41) is 10.1. The summed E-state index contributed by atoms with van der Waals surface area (Å²) in [6, 6.07) is 6.57. The van der Waals surface area contributed by atoms with Crippen LogP contribution < -0.4 is 0 Å². The molecule has 5 rings (SSSR count). The lowest BCUT2D eigenvalue weighted by atomic mass is 9.52. The van der Waals surface area contributed by atoms with Crippen LogP contribution >= 0.6 is 0 Å². The Labute approximate surface area is 145 Å². The van der Waals surface area contributed by atoms with Gasteiger partial charge in [-0.15, -0.1) is 0 Å². The van der Waals surface area contributed by atoms with Gasteiger partial charge < -0.3 is 9.84 Å². The molecule has 24 heavy (non-hydrogen) atoms. The molecule has 3 atom stereocenters. The van der Waals surface area contributed by atoms with E-state index in [1.165, 1.54) is 56.3 Å². The molecule has 130 valence electrons. The van der Waals surface area contributed by atoms with Gasteiger partial charge in [0.05, 0.1) is 5.60 Å². The molecule has 0 spiro atoms. The van der Waals surface area contributed by atoms with Gasteiger partial charge in [0.1, 0.15) is 5.75 Å². The Morgan fingerprint density at radius 1 is 1.25 bits per heavy atom. The van der Waals surface area contributed by atoms with E-state index in [1.54, 1.807) is 0 Å². The summed E-state index contributed by atoms with van der Waals surface area (Å²) in [5.74, 6) is 1.32. The zero-order valence-electron chi connectivity index (χ0n) is 14.8. The SMILES string of the molecule is C[C@]12OCCC[C@@]13CCN(CC1CCC1)[C@@H]2Cc1ccc(O)cc13. The van der Waals surface area contributed by atoms with E-state index in [0.29, 0.717) is 11.8 Å². The van der Waals surface area contributed by atoms with Crippen LogP contribution in [-0.2, 0) is 16.6 Å². The highest BCUT2D eigenvalue weighted by Gasteiger charge is 2.62. The second-order valence-corrected chi connectivity index (χ2v) is 8.74.